The third-order valence-corrected chi connectivity index (χ3v) is 4.21. The highest BCUT2D eigenvalue weighted by Crippen LogP contribution is 2.60. The van der Waals surface area contributed by atoms with Gasteiger partial charge in [-0.25, -0.2) is 0 Å². The average Bonchev–Trinajstić information content (AvgIpc) is 2.64. The summed E-state index contributed by atoms with van der Waals surface area (Å²) in [5.41, 5.74) is 0. The van der Waals surface area contributed by atoms with Gasteiger partial charge in [-0.1, -0.05) is 15.9 Å². The monoisotopic (exact) mass is 188 g/mol. The van der Waals surface area contributed by atoms with Crippen molar-refractivity contribution >= 4 is 15.9 Å². The summed E-state index contributed by atoms with van der Waals surface area (Å²) >= 11 is 3.66. The number of hydrogen-bond donors (Lipinski definition) is 0. The maximum atomic E-state index is 5.47. The van der Waals surface area contributed by atoms with Gasteiger partial charge in [0.1, 0.15) is 0 Å². The molecule has 0 aromatic rings. The van der Waals surface area contributed by atoms with Crippen molar-refractivity contribution in [2.45, 2.75) is 29.9 Å². The van der Waals surface area contributed by atoms with E-state index in [-0.39, 0.29) is 0 Å². The van der Waals surface area contributed by atoms with Gasteiger partial charge in [-0.3, -0.25) is 0 Å². The van der Waals surface area contributed by atoms with E-state index in [0.717, 1.165) is 16.7 Å². The van der Waals surface area contributed by atoms with Crippen LogP contribution in [0.25, 0.3) is 0 Å². The average molecular weight is 189 g/mol. The molecule has 0 amide bonds. The van der Waals surface area contributed by atoms with Crippen LogP contribution in [0, 0.1) is 11.8 Å². The second-order valence-corrected chi connectivity index (χ2v) is 4.46. The molecular formula is C7H9BrO. The number of hydrogen-bond acceptors (Lipinski definition) is 1. The van der Waals surface area contributed by atoms with E-state index in [9.17, 15) is 0 Å². The molecule has 1 saturated heterocycles. The molecule has 0 N–H and O–H groups in total. The summed E-state index contributed by atoms with van der Waals surface area (Å²) in [5, 5.41) is 0. The Labute approximate surface area is 62.9 Å². The van der Waals surface area contributed by atoms with E-state index in [0.29, 0.717) is 12.2 Å². The minimum absolute atomic E-state index is 0.674. The van der Waals surface area contributed by atoms with Gasteiger partial charge in [0.15, 0.2) is 0 Å². The second-order valence-electron chi connectivity index (χ2n) is 3.40. The number of halogens is 1. The molecule has 0 spiro atoms. The standard InChI is InChI=1S/C7H9BrO/c8-6-3-1-2-4-7(9-4)5(3)6/h3-7H,1-2H2/t3-,4-,5+,6-,7-/m1/s1. The molecular weight excluding hydrogens is 180 g/mol. The molecule has 2 aliphatic carbocycles. The molecule has 1 heterocycles. The zero-order valence-electron chi connectivity index (χ0n) is 5.09. The van der Waals surface area contributed by atoms with Crippen LogP contribution in [0.2, 0.25) is 0 Å². The Hall–Kier alpha value is 0.440. The van der Waals surface area contributed by atoms with E-state index in [1.165, 1.54) is 12.8 Å². The SMILES string of the molecule is Br[C@@H]1[C@@H]2CC[C@H]3O[C@H]3[C@H]12. The lowest BCUT2D eigenvalue weighted by Gasteiger charge is -1.99. The summed E-state index contributed by atoms with van der Waals surface area (Å²) in [4.78, 5) is 0.815. The molecule has 1 aliphatic heterocycles. The molecule has 9 heavy (non-hydrogen) atoms. The highest BCUT2D eigenvalue weighted by Gasteiger charge is 2.64. The molecule has 3 aliphatic rings. The van der Waals surface area contributed by atoms with E-state index in [4.69, 9.17) is 4.74 Å². The van der Waals surface area contributed by atoms with Crippen LogP contribution in [0.15, 0.2) is 0 Å². The molecule has 0 unspecified atom stereocenters. The van der Waals surface area contributed by atoms with E-state index in [1.807, 2.05) is 0 Å². The van der Waals surface area contributed by atoms with Gasteiger partial charge in [-0.15, -0.1) is 0 Å². The first-order valence-electron chi connectivity index (χ1n) is 3.67. The van der Waals surface area contributed by atoms with Crippen molar-refractivity contribution in [3.63, 3.8) is 0 Å². The van der Waals surface area contributed by atoms with E-state index in [2.05, 4.69) is 15.9 Å². The molecule has 0 aromatic heterocycles. The first-order chi connectivity index (χ1) is 4.38. The zero-order chi connectivity index (χ0) is 6.01. The first-order valence-corrected chi connectivity index (χ1v) is 4.59. The summed E-state index contributed by atoms with van der Waals surface area (Å²) in [6.45, 7) is 0. The summed E-state index contributed by atoms with van der Waals surface area (Å²) in [6.07, 6.45) is 4.08. The molecule has 5 atom stereocenters. The summed E-state index contributed by atoms with van der Waals surface area (Å²) in [7, 11) is 0. The fraction of sp³-hybridized carbons (Fsp3) is 1.00. The van der Waals surface area contributed by atoms with Crippen LogP contribution in [0.3, 0.4) is 0 Å². The maximum absolute atomic E-state index is 5.47. The Kier molecular flexibility index (Phi) is 0.784. The largest absolute Gasteiger partial charge is 0.369 e. The maximum Gasteiger partial charge on any atom is 0.0883 e. The fourth-order valence-corrected chi connectivity index (χ4v) is 3.35. The number of fused-ring (bicyclic) bond motifs is 3. The van der Waals surface area contributed by atoms with Crippen molar-refractivity contribution in [1.29, 1.82) is 0 Å². The molecule has 3 rings (SSSR count). The van der Waals surface area contributed by atoms with Crippen molar-refractivity contribution in [3.05, 3.63) is 0 Å². The molecule has 1 nitrogen and oxygen atoms in total. The lowest BCUT2D eigenvalue weighted by Crippen LogP contribution is -2.04. The second kappa shape index (κ2) is 1.37. The highest BCUT2D eigenvalue weighted by molar-refractivity contribution is 9.09. The third-order valence-electron chi connectivity index (χ3n) is 2.92. The smallest absolute Gasteiger partial charge is 0.0883 e. The Morgan fingerprint density at radius 2 is 2.22 bits per heavy atom. The Balaban J connectivity index is 1.86. The summed E-state index contributed by atoms with van der Waals surface area (Å²) in [6, 6.07) is 0. The minimum Gasteiger partial charge on any atom is -0.369 e. The van der Waals surface area contributed by atoms with Gasteiger partial charge in [0.2, 0.25) is 0 Å². The van der Waals surface area contributed by atoms with Crippen LogP contribution < -0.4 is 0 Å². The zero-order valence-corrected chi connectivity index (χ0v) is 6.67. The van der Waals surface area contributed by atoms with Crippen LogP contribution in [0.5, 0.6) is 0 Å². The predicted octanol–water partition coefficient (Wildman–Crippen LogP) is 1.56. The molecule has 3 fully saturated rings. The molecule has 2 saturated carbocycles. The van der Waals surface area contributed by atoms with Gasteiger partial charge in [0, 0.05) is 10.7 Å². The summed E-state index contributed by atoms with van der Waals surface area (Å²) < 4.78 is 5.47. The Morgan fingerprint density at radius 1 is 1.33 bits per heavy atom. The number of alkyl halides is 1. The van der Waals surface area contributed by atoms with E-state index in [1.54, 1.807) is 0 Å². The van der Waals surface area contributed by atoms with Crippen molar-refractivity contribution in [2.75, 3.05) is 0 Å². The van der Waals surface area contributed by atoms with Crippen molar-refractivity contribution < 1.29 is 4.74 Å². The summed E-state index contributed by atoms with van der Waals surface area (Å²) in [5.74, 6) is 1.89. The van der Waals surface area contributed by atoms with Crippen LogP contribution >= 0.6 is 15.9 Å². The lowest BCUT2D eigenvalue weighted by atomic mass is 10.0. The van der Waals surface area contributed by atoms with Gasteiger partial charge in [-0.2, -0.15) is 0 Å². The van der Waals surface area contributed by atoms with Crippen molar-refractivity contribution in [3.8, 4) is 0 Å². The van der Waals surface area contributed by atoms with Crippen molar-refractivity contribution in [1.82, 2.24) is 0 Å². The normalized spacial score (nSPS) is 68.3. The molecule has 0 aromatic carbocycles. The predicted molar refractivity (Wildman–Crippen MR) is 37.6 cm³/mol. The van der Waals surface area contributed by atoms with Gasteiger partial charge in [0.05, 0.1) is 12.2 Å². The first kappa shape index (κ1) is 5.14. The van der Waals surface area contributed by atoms with Gasteiger partial charge in [0.25, 0.3) is 0 Å². The van der Waals surface area contributed by atoms with Gasteiger partial charge >= 0.3 is 0 Å². The minimum atomic E-state index is 0.674. The van der Waals surface area contributed by atoms with Crippen LogP contribution in [-0.4, -0.2) is 17.0 Å². The number of rotatable bonds is 0. The van der Waals surface area contributed by atoms with Crippen LogP contribution in [-0.2, 0) is 4.74 Å². The Bertz CT molecular complexity index is 157. The van der Waals surface area contributed by atoms with Gasteiger partial charge < -0.3 is 4.74 Å². The van der Waals surface area contributed by atoms with Gasteiger partial charge in [-0.05, 0) is 18.8 Å². The van der Waals surface area contributed by atoms with E-state index < -0.39 is 0 Å². The Morgan fingerprint density at radius 3 is 3.00 bits per heavy atom. The van der Waals surface area contributed by atoms with Crippen LogP contribution in [0.1, 0.15) is 12.8 Å². The molecule has 0 radical (unpaired) electrons. The van der Waals surface area contributed by atoms with Crippen LogP contribution in [0.4, 0.5) is 0 Å². The lowest BCUT2D eigenvalue weighted by molar-refractivity contribution is 0.361. The quantitative estimate of drug-likeness (QED) is 0.416. The highest BCUT2D eigenvalue weighted by atomic mass is 79.9. The number of ether oxygens (including phenoxy) is 1. The van der Waals surface area contributed by atoms with E-state index >= 15 is 0 Å². The number of epoxide rings is 1. The topological polar surface area (TPSA) is 12.5 Å². The third kappa shape index (κ3) is 0.541. The molecule has 0 bridgehead atoms. The van der Waals surface area contributed by atoms with Crippen molar-refractivity contribution in [2.24, 2.45) is 11.8 Å². The molecule has 50 valence electrons. The molecule has 2 heteroatoms. The fourth-order valence-electron chi connectivity index (χ4n) is 2.22.